The van der Waals surface area contributed by atoms with Gasteiger partial charge in [-0.3, -0.25) is 19.3 Å². The first kappa shape index (κ1) is 20.8. The third-order valence-electron chi connectivity index (χ3n) is 6.14. The molecule has 0 aliphatic carbocycles. The van der Waals surface area contributed by atoms with Crippen LogP contribution in [0.2, 0.25) is 0 Å². The van der Waals surface area contributed by atoms with E-state index in [0.29, 0.717) is 16.8 Å². The van der Waals surface area contributed by atoms with Crippen molar-refractivity contribution in [2.75, 3.05) is 11.9 Å². The van der Waals surface area contributed by atoms with Crippen molar-refractivity contribution in [2.45, 2.75) is 45.1 Å². The Morgan fingerprint density at radius 3 is 2.48 bits per heavy atom. The first-order valence-electron chi connectivity index (χ1n) is 10.5. The van der Waals surface area contributed by atoms with E-state index in [2.05, 4.69) is 17.6 Å². The van der Waals surface area contributed by atoms with Crippen molar-refractivity contribution >= 4 is 29.3 Å². The lowest BCUT2D eigenvalue weighted by Crippen LogP contribution is -2.41. The van der Waals surface area contributed by atoms with Crippen LogP contribution in [0.4, 0.5) is 10.5 Å². The standard InChI is InChI=1S/C24H25N3O4/c1-4-5-15-6-9-17(10-7-15)24(3)22(30)27(23(31)26-24)13-20(28)16-8-11-19-18(12-16)14(2)21(29)25-19/h6-12,14H,4-5,13H2,1-3H3,(H,25,29)(H,26,31)/t14-,24-/m0/s1. The molecule has 0 aromatic heterocycles. The molecule has 2 N–H and O–H groups in total. The van der Waals surface area contributed by atoms with E-state index in [4.69, 9.17) is 0 Å². The highest BCUT2D eigenvalue weighted by molar-refractivity contribution is 6.11. The van der Waals surface area contributed by atoms with Crippen LogP contribution in [0.25, 0.3) is 0 Å². The maximum Gasteiger partial charge on any atom is 0.325 e. The number of amides is 4. The van der Waals surface area contributed by atoms with Gasteiger partial charge in [0.25, 0.3) is 5.91 Å². The van der Waals surface area contributed by atoms with Gasteiger partial charge in [0.15, 0.2) is 5.78 Å². The van der Waals surface area contributed by atoms with Gasteiger partial charge in [-0.05, 0) is 55.2 Å². The van der Waals surface area contributed by atoms with E-state index in [1.165, 1.54) is 0 Å². The summed E-state index contributed by atoms with van der Waals surface area (Å²) in [5.41, 5.74) is 2.41. The normalized spacial score (nSPS) is 22.4. The number of fused-ring (bicyclic) bond motifs is 1. The van der Waals surface area contributed by atoms with E-state index < -0.39 is 17.5 Å². The van der Waals surface area contributed by atoms with Crippen LogP contribution in [0.15, 0.2) is 42.5 Å². The molecule has 7 nitrogen and oxygen atoms in total. The second-order valence-electron chi connectivity index (χ2n) is 8.33. The van der Waals surface area contributed by atoms with Crippen molar-refractivity contribution in [1.82, 2.24) is 10.2 Å². The fourth-order valence-electron chi connectivity index (χ4n) is 4.15. The molecule has 2 aliphatic rings. The molecular weight excluding hydrogens is 394 g/mol. The molecule has 0 bridgehead atoms. The van der Waals surface area contributed by atoms with Crippen LogP contribution in [-0.2, 0) is 21.5 Å². The van der Waals surface area contributed by atoms with Crippen LogP contribution in [0.5, 0.6) is 0 Å². The molecule has 0 radical (unpaired) electrons. The van der Waals surface area contributed by atoms with Crippen molar-refractivity contribution in [3.8, 4) is 0 Å². The summed E-state index contributed by atoms with van der Waals surface area (Å²) in [6, 6.07) is 12.0. The van der Waals surface area contributed by atoms with Gasteiger partial charge in [0.1, 0.15) is 5.54 Å². The lowest BCUT2D eigenvalue weighted by molar-refractivity contribution is -0.130. The molecule has 31 heavy (non-hydrogen) atoms. The van der Waals surface area contributed by atoms with Crippen LogP contribution in [0.1, 0.15) is 60.2 Å². The predicted octanol–water partition coefficient (Wildman–Crippen LogP) is 3.34. The molecule has 1 saturated heterocycles. The Hall–Kier alpha value is -3.48. The molecule has 0 spiro atoms. The molecule has 4 rings (SSSR count). The number of hydrogen-bond acceptors (Lipinski definition) is 4. The van der Waals surface area contributed by atoms with E-state index >= 15 is 0 Å². The number of nitrogens with zero attached hydrogens (tertiary/aromatic N) is 1. The number of carbonyl (C=O) groups is 4. The Bertz CT molecular complexity index is 1090. The fraction of sp³-hybridized carbons (Fsp3) is 0.333. The smallest absolute Gasteiger partial charge is 0.325 e. The highest BCUT2D eigenvalue weighted by Gasteiger charge is 2.49. The van der Waals surface area contributed by atoms with Crippen molar-refractivity contribution < 1.29 is 19.2 Å². The SMILES string of the molecule is CCCc1ccc([C@]2(C)NC(=O)N(CC(=O)c3ccc4c(c3)[C@H](C)C(=O)N4)C2=O)cc1. The van der Waals surface area contributed by atoms with E-state index in [1.807, 2.05) is 24.3 Å². The summed E-state index contributed by atoms with van der Waals surface area (Å²) in [4.78, 5) is 51.4. The molecule has 2 aromatic rings. The maximum atomic E-state index is 13.1. The molecule has 0 saturated carbocycles. The summed E-state index contributed by atoms with van der Waals surface area (Å²) in [5, 5.41) is 5.50. The van der Waals surface area contributed by atoms with Gasteiger partial charge in [-0.15, -0.1) is 0 Å². The first-order valence-corrected chi connectivity index (χ1v) is 10.5. The summed E-state index contributed by atoms with van der Waals surface area (Å²) in [7, 11) is 0. The molecule has 4 amide bonds. The van der Waals surface area contributed by atoms with Crippen LogP contribution < -0.4 is 10.6 Å². The minimum Gasteiger partial charge on any atom is -0.325 e. The molecule has 2 aliphatic heterocycles. The van der Waals surface area contributed by atoms with Gasteiger partial charge in [-0.2, -0.15) is 0 Å². The largest absolute Gasteiger partial charge is 0.325 e. The summed E-state index contributed by atoms with van der Waals surface area (Å²) < 4.78 is 0. The van der Waals surface area contributed by atoms with E-state index in [0.717, 1.165) is 28.9 Å². The molecule has 1 fully saturated rings. The number of nitrogens with one attached hydrogen (secondary N) is 2. The van der Waals surface area contributed by atoms with Crippen molar-refractivity contribution in [2.24, 2.45) is 0 Å². The second kappa shape index (κ2) is 7.65. The van der Waals surface area contributed by atoms with Crippen LogP contribution in [-0.4, -0.2) is 35.1 Å². The average molecular weight is 419 g/mol. The fourth-order valence-corrected chi connectivity index (χ4v) is 4.15. The summed E-state index contributed by atoms with van der Waals surface area (Å²) in [6.45, 7) is 5.16. The Morgan fingerprint density at radius 2 is 1.81 bits per heavy atom. The third kappa shape index (κ3) is 3.50. The lowest BCUT2D eigenvalue weighted by Gasteiger charge is -2.22. The minimum atomic E-state index is -1.22. The molecule has 2 aromatic carbocycles. The molecule has 7 heteroatoms. The van der Waals surface area contributed by atoms with Crippen molar-refractivity contribution in [1.29, 1.82) is 0 Å². The zero-order valence-electron chi connectivity index (χ0n) is 17.8. The van der Waals surface area contributed by atoms with Crippen LogP contribution >= 0.6 is 0 Å². The number of rotatable bonds is 6. The number of ketones is 1. The Labute approximate surface area is 180 Å². The Balaban J connectivity index is 1.53. The number of benzene rings is 2. The molecular formula is C24H25N3O4. The Morgan fingerprint density at radius 1 is 1.10 bits per heavy atom. The summed E-state index contributed by atoms with van der Waals surface area (Å²) >= 11 is 0. The van der Waals surface area contributed by atoms with Crippen molar-refractivity contribution in [3.05, 3.63) is 64.7 Å². The van der Waals surface area contributed by atoms with Gasteiger partial charge < -0.3 is 10.6 Å². The van der Waals surface area contributed by atoms with Gasteiger partial charge in [-0.25, -0.2) is 4.79 Å². The van der Waals surface area contributed by atoms with Crippen LogP contribution in [0.3, 0.4) is 0 Å². The number of anilines is 1. The molecule has 2 heterocycles. The monoisotopic (exact) mass is 419 g/mol. The Kier molecular flexibility index (Phi) is 5.13. The van der Waals surface area contributed by atoms with Gasteiger partial charge in [0, 0.05) is 11.3 Å². The zero-order chi connectivity index (χ0) is 22.3. The van der Waals surface area contributed by atoms with Gasteiger partial charge >= 0.3 is 6.03 Å². The topological polar surface area (TPSA) is 95.6 Å². The zero-order valence-corrected chi connectivity index (χ0v) is 17.8. The minimum absolute atomic E-state index is 0.116. The molecule has 0 unspecified atom stereocenters. The predicted molar refractivity (Wildman–Crippen MR) is 116 cm³/mol. The van der Waals surface area contributed by atoms with Crippen LogP contribution in [0, 0.1) is 0 Å². The lowest BCUT2D eigenvalue weighted by atomic mass is 9.91. The number of urea groups is 1. The quantitative estimate of drug-likeness (QED) is 0.554. The number of Topliss-reactive ketones (excluding diaryl/α,β-unsaturated/α-hetero) is 1. The van der Waals surface area contributed by atoms with E-state index in [-0.39, 0.29) is 24.2 Å². The maximum absolute atomic E-state index is 13.1. The second-order valence-corrected chi connectivity index (χ2v) is 8.33. The number of imide groups is 1. The number of hydrogen-bond donors (Lipinski definition) is 2. The van der Waals surface area contributed by atoms with Gasteiger partial charge in [0.05, 0.1) is 12.5 Å². The van der Waals surface area contributed by atoms with Gasteiger partial charge in [-0.1, -0.05) is 37.6 Å². The highest BCUT2D eigenvalue weighted by atomic mass is 16.2. The summed E-state index contributed by atoms with van der Waals surface area (Å²) in [5.74, 6) is -1.28. The van der Waals surface area contributed by atoms with E-state index in [9.17, 15) is 19.2 Å². The average Bonchev–Trinajstić information content (AvgIpc) is 3.16. The highest BCUT2D eigenvalue weighted by Crippen LogP contribution is 2.33. The van der Waals surface area contributed by atoms with Gasteiger partial charge in [0.2, 0.25) is 5.91 Å². The molecule has 2 atom stereocenters. The van der Waals surface area contributed by atoms with Crippen molar-refractivity contribution in [3.63, 3.8) is 0 Å². The number of carbonyl (C=O) groups excluding carboxylic acids is 4. The van der Waals surface area contributed by atoms with E-state index in [1.54, 1.807) is 32.0 Å². The third-order valence-corrected chi connectivity index (χ3v) is 6.14. The summed E-state index contributed by atoms with van der Waals surface area (Å²) in [6.07, 6.45) is 1.96. The number of aryl methyl sites for hydroxylation is 1. The first-order chi connectivity index (χ1) is 14.7. The molecule has 160 valence electrons.